The molecular weight excluding hydrogens is 306 g/mol. The van der Waals surface area contributed by atoms with Crippen LogP contribution in [0.3, 0.4) is 0 Å². The number of aryl methyl sites for hydroxylation is 1. The summed E-state index contributed by atoms with van der Waals surface area (Å²) in [6, 6.07) is 6.56. The van der Waals surface area contributed by atoms with Crippen LogP contribution >= 0.6 is 11.3 Å². The maximum Gasteiger partial charge on any atom is 0.224 e. The molecule has 0 radical (unpaired) electrons. The summed E-state index contributed by atoms with van der Waals surface area (Å²) in [5, 5.41) is 4.43. The summed E-state index contributed by atoms with van der Waals surface area (Å²) in [6.07, 6.45) is 3.91. The van der Waals surface area contributed by atoms with Crippen molar-refractivity contribution in [2.75, 3.05) is 19.6 Å². The van der Waals surface area contributed by atoms with E-state index < -0.39 is 0 Å². The Hall–Kier alpha value is -1.46. The Morgan fingerprint density at radius 1 is 1.39 bits per heavy atom. The Morgan fingerprint density at radius 2 is 2.22 bits per heavy atom. The van der Waals surface area contributed by atoms with Crippen LogP contribution in [0, 0.1) is 5.92 Å². The average molecular weight is 329 g/mol. The lowest BCUT2D eigenvalue weighted by atomic mass is 9.84. The zero-order chi connectivity index (χ0) is 15.8. The second kappa shape index (κ2) is 6.21. The molecule has 5 rings (SSSR count). The molecule has 3 saturated heterocycles. The van der Waals surface area contributed by atoms with Gasteiger partial charge in [0.15, 0.2) is 0 Å². The number of benzene rings is 1. The molecule has 122 valence electrons. The van der Waals surface area contributed by atoms with E-state index in [0.29, 0.717) is 18.4 Å². The van der Waals surface area contributed by atoms with Crippen molar-refractivity contribution in [2.45, 2.75) is 38.6 Å². The first-order valence-electron chi connectivity index (χ1n) is 8.61. The lowest BCUT2D eigenvalue weighted by molar-refractivity contribution is -0.122. The normalized spacial score (nSPS) is 26.6. The fraction of sp³-hybridized carbons (Fsp3) is 0.556. The number of carbonyl (C=O) groups excluding carboxylic acids is 1. The number of piperidine rings is 3. The summed E-state index contributed by atoms with van der Waals surface area (Å²) < 4.78 is 1.19. The quantitative estimate of drug-likeness (QED) is 0.938. The smallest absolute Gasteiger partial charge is 0.224 e. The molecular formula is C18H23N3OS. The highest BCUT2D eigenvalue weighted by Gasteiger charge is 2.34. The van der Waals surface area contributed by atoms with E-state index in [4.69, 9.17) is 0 Å². The molecule has 1 N–H and O–H groups in total. The zero-order valence-corrected chi connectivity index (χ0v) is 14.4. The predicted molar refractivity (Wildman–Crippen MR) is 93.8 cm³/mol. The van der Waals surface area contributed by atoms with Crippen LogP contribution in [0.1, 0.15) is 30.3 Å². The lowest BCUT2D eigenvalue weighted by Gasteiger charge is -2.44. The van der Waals surface area contributed by atoms with Crippen LogP contribution in [0.2, 0.25) is 0 Å². The first-order valence-corrected chi connectivity index (χ1v) is 9.43. The minimum Gasteiger partial charge on any atom is -0.352 e. The van der Waals surface area contributed by atoms with Gasteiger partial charge in [-0.2, -0.15) is 0 Å². The third kappa shape index (κ3) is 3.12. The van der Waals surface area contributed by atoms with E-state index in [1.165, 1.54) is 30.6 Å². The van der Waals surface area contributed by atoms with Gasteiger partial charge in [0.05, 0.1) is 21.6 Å². The molecule has 0 unspecified atom stereocenters. The minimum atomic E-state index is 0.156. The second-order valence-electron chi connectivity index (χ2n) is 6.75. The third-order valence-electron chi connectivity index (χ3n) is 5.17. The molecule has 2 bridgehead atoms. The van der Waals surface area contributed by atoms with Crippen LogP contribution in [-0.4, -0.2) is 41.5 Å². The van der Waals surface area contributed by atoms with Crippen molar-refractivity contribution in [3.8, 4) is 0 Å². The molecule has 1 amide bonds. The maximum atomic E-state index is 12.4. The summed E-state index contributed by atoms with van der Waals surface area (Å²) in [4.78, 5) is 19.5. The van der Waals surface area contributed by atoms with E-state index in [9.17, 15) is 4.79 Å². The highest BCUT2D eigenvalue weighted by molar-refractivity contribution is 7.18. The molecule has 2 aromatic rings. The number of amides is 1. The number of nitrogens with zero attached hydrogens (tertiary/aromatic N) is 2. The summed E-state index contributed by atoms with van der Waals surface area (Å²) in [5.74, 6) is 0.836. The second-order valence-corrected chi connectivity index (χ2v) is 7.87. The van der Waals surface area contributed by atoms with Crippen molar-refractivity contribution in [1.82, 2.24) is 15.2 Å². The number of hydrogen-bond acceptors (Lipinski definition) is 4. The predicted octanol–water partition coefficient (Wildman–Crippen LogP) is 2.61. The van der Waals surface area contributed by atoms with Crippen molar-refractivity contribution < 1.29 is 4.79 Å². The number of carbonyl (C=O) groups is 1. The van der Waals surface area contributed by atoms with Gasteiger partial charge >= 0.3 is 0 Å². The molecule has 4 nitrogen and oxygen atoms in total. The van der Waals surface area contributed by atoms with Gasteiger partial charge in [-0.15, -0.1) is 11.3 Å². The molecule has 1 atom stereocenters. The average Bonchev–Trinajstić information content (AvgIpc) is 2.98. The zero-order valence-electron chi connectivity index (χ0n) is 13.5. The maximum absolute atomic E-state index is 12.4. The molecule has 0 spiro atoms. The molecule has 0 aliphatic carbocycles. The van der Waals surface area contributed by atoms with Crippen LogP contribution in [-0.2, 0) is 17.6 Å². The summed E-state index contributed by atoms with van der Waals surface area (Å²) in [5.41, 5.74) is 2.14. The number of rotatable bonds is 4. The third-order valence-corrected chi connectivity index (χ3v) is 6.33. The molecule has 4 heterocycles. The van der Waals surface area contributed by atoms with E-state index in [1.807, 2.05) is 12.1 Å². The molecule has 3 fully saturated rings. The van der Waals surface area contributed by atoms with Crippen molar-refractivity contribution in [3.63, 3.8) is 0 Å². The van der Waals surface area contributed by atoms with E-state index >= 15 is 0 Å². The Kier molecular flexibility index (Phi) is 4.07. The Bertz CT molecular complexity index is 718. The van der Waals surface area contributed by atoms with E-state index in [1.54, 1.807) is 11.3 Å². The van der Waals surface area contributed by atoms with Crippen LogP contribution in [0.25, 0.3) is 10.2 Å². The molecule has 5 heteroatoms. The van der Waals surface area contributed by atoms with Crippen LogP contribution in [0.15, 0.2) is 18.2 Å². The van der Waals surface area contributed by atoms with E-state index in [2.05, 4.69) is 28.2 Å². The lowest BCUT2D eigenvalue weighted by Crippen LogP contribution is -2.57. The first kappa shape index (κ1) is 15.1. The van der Waals surface area contributed by atoms with Gasteiger partial charge in [-0.05, 0) is 56.0 Å². The number of nitrogens with one attached hydrogen (secondary N) is 1. The van der Waals surface area contributed by atoms with Crippen molar-refractivity contribution in [2.24, 2.45) is 5.92 Å². The number of hydrogen-bond donors (Lipinski definition) is 1. The standard InChI is InChI=1S/C18H23N3OS/c1-2-18-20-14-4-3-12(9-16(14)23-18)10-17(22)19-15-11-21-7-5-13(15)6-8-21/h3-4,9,13,15H,2,5-8,10-11H2,1H3,(H,19,22)/t15-/m0/s1. The fourth-order valence-electron chi connectivity index (χ4n) is 3.85. The van der Waals surface area contributed by atoms with Crippen molar-refractivity contribution >= 4 is 27.5 Å². The van der Waals surface area contributed by atoms with Gasteiger partial charge in [0.25, 0.3) is 0 Å². The number of aromatic nitrogens is 1. The molecule has 0 saturated carbocycles. The highest BCUT2D eigenvalue weighted by Crippen LogP contribution is 2.28. The summed E-state index contributed by atoms with van der Waals surface area (Å²) in [7, 11) is 0. The fourth-order valence-corrected chi connectivity index (χ4v) is 4.82. The van der Waals surface area contributed by atoms with Gasteiger partial charge in [-0.1, -0.05) is 13.0 Å². The SMILES string of the molecule is CCc1nc2ccc(CC(=O)N[C@H]3CN4CCC3CC4)cc2s1. The topological polar surface area (TPSA) is 45.2 Å². The van der Waals surface area contributed by atoms with Gasteiger partial charge in [0.1, 0.15) is 0 Å². The Morgan fingerprint density at radius 3 is 2.91 bits per heavy atom. The Labute approximate surface area is 140 Å². The van der Waals surface area contributed by atoms with Crippen LogP contribution < -0.4 is 5.32 Å². The number of thiazole rings is 1. The Balaban J connectivity index is 1.42. The summed E-state index contributed by atoms with van der Waals surface area (Å²) in [6.45, 7) is 5.57. The van der Waals surface area contributed by atoms with Crippen molar-refractivity contribution in [1.29, 1.82) is 0 Å². The monoisotopic (exact) mass is 329 g/mol. The van der Waals surface area contributed by atoms with Crippen LogP contribution in [0.5, 0.6) is 0 Å². The van der Waals surface area contributed by atoms with Crippen molar-refractivity contribution in [3.05, 3.63) is 28.8 Å². The molecule has 1 aromatic heterocycles. The minimum absolute atomic E-state index is 0.156. The highest BCUT2D eigenvalue weighted by atomic mass is 32.1. The molecule has 3 aliphatic heterocycles. The first-order chi connectivity index (χ1) is 11.2. The molecule has 23 heavy (non-hydrogen) atoms. The van der Waals surface area contributed by atoms with Gasteiger partial charge in [0.2, 0.25) is 5.91 Å². The summed E-state index contributed by atoms with van der Waals surface area (Å²) >= 11 is 1.73. The van der Waals surface area contributed by atoms with Gasteiger partial charge in [-0.3, -0.25) is 4.79 Å². The van der Waals surface area contributed by atoms with Gasteiger partial charge in [0, 0.05) is 12.6 Å². The van der Waals surface area contributed by atoms with E-state index in [-0.39, 0.29) is 5.91 Å². The van der Waals surface area contributed by atoms with Crippen LogP contribution in [0.4, 0.5) is 0 Å². The van der Waals surface area contributed by atoms with E-state index in [0.717, 1.165) is 29.1 Å². The molecule has 3 aliphatic rings. The number of fused-ring (bicyclic) bond motifs is 4. The van der Waals surface area contributed by atoms with Gasteiger partial charge < -0.3 is 10.2 Å². The molecule has 1 aromatic carbocycles. The van der Waals surface area contributed by atoms with Gasteiger partial charge in [-0.25, -0.2) is 4.98 Å². The largest absolute Gasteiger partial charge is 0.352 e.